The Hall–Kier alpha value is -3.82. The lowest BCUT2D eigenvalue weighted by Gasteiger charge is -2.31. The van der Waals surface area contributed by atoms with Crippen LogP contribution in [0, 0.1) is 12.8 Å². The Bertz CT molecular complexity index is 1310. The molecule has 226 valence electrons. The molecular weight excluding hydrogens is 536 g/mol. The third-order valence-corrected chi connectivity index (χ3v) is 7.56. The van der Waals surface area contributed by atoms with Crippen LogP contribution in [0.5, 0.6) is 17.2 Å². The van der Waals surface area contributed by atoms with E-state index in [1.807, 2.05) is 13.0 Å². The molecule has 2 aromatic carbocycles. The number of hydrogen-bond acceptors (Lipinski definition) is 8. The van der Waals surface area contributed by atoms with Crippen molar-refractivity contribution >= 4 is 17.4 Å². The van der Waals surface area contributed by atoms with Crippen LogP contribution in [0.1, 0.15) is 43.0 Å². The molecule has 2 fully saturated rings. The van der Waals surface area contributed by atoms with Gasteiger partial charge >= 0.3 is 0 Å². The first-order valence-electron chi connectivity index (χ1n) is 14.5. The molecule has 2 aliphatic rings. The second kappa shape index (κ2) is 14.4. The van der Waals surface area contributed by atoms with Crippen molar-refractivity contribution in [2.75, 3.05) is 59.7 Å². The van der Waals surface area contributed by atoms with Crippen molar-refractivity contribution < 1.29 is 33.6 Å². The highest BCUT2D eigenvalue weighted by Gasteiger charge is 2.46. The Morgan fingerprint density at radius 1 is 1.07 bits per heavy atom. The molecule has 0 radical (unpaired) electrons. The molecule has 2 heterocycles. The molecule has 2 aliphatic heterocycles. The summed E-state index contributed by atoms with van der Waals surface area (Å²) in [5.41, 5.74) is 1.89. The Morgan fingerprint density at radius 3 is 2.48 bits per heavy atom. The van der Waals surface area contributed by atoms with Gasteiger partial charge in [-0.1, -0.05) is 32.6 Å². The monoisotopic (exact) mass is 578 g/mol. The van der Waals surface area contributed by atoms with E-state index < -0.39 is 17.7 Å². The third kappa shape index (κ3) is 7.14. The fourth-order valence-electron chi connectivity index (χ4n) is 5.17. The number of Topliss-reactive ketones (excluding diaryl/α,β-unsaturated/α-hetero) is 1. The average Bonchev–Trinajstić information content (AvgIpc) is 3.24. The lowest BCUT2D eigenvalue weighted by atomic mass is 9.94. The van der Waals surface area contributed by atoms with Crippen LogP contribution in [0.3, 0.4) is 0 Å². The third-order valence-electron chi connectivity index (χ3n) is 7.56. The predicted molar refractivity (Wildman–Crippen MR) is 161 cm³/mol. The van der Waals surface area contributed by atoms with Crippen molar-refractivity contribution in [2.45, 2.75) is 33.2 Å². The summed E-state index contributed by atoms with van der Waals surface area (Å²) in [5.74, 6) is 0.614. The minimum atomic E-state index is -0.804. The summed E-state index contributed by atoms with van der Waals surface area (Å²) in [6.45, 7) is 14.3. The van der Waals surface area contributed by atoms with Crippen molar-refractivity contribution in [3.8, 4) is 17.2 Å². The molecule has 1 N–H and O–H groups in total. The molecule has 0 aliphatic carbocycles. The summed E-state index contributed by atoms with van der Waals surface area (Å²) in [7, 11) is 1.56. The smallest absolute Gasteiger partial charge is 0.295 e. The van der Waals surface area contributed by atoms with E-state index in [0.717, 1.165) is 25.1 Å². The van der Waals surface area contributed by atoms with E-state index in [1.54, 1.807) is 48.4 Å². The molecule has 42 heavy (non-hydrogen) atoms. The summed E-state index contributed by atoms with van der Waals surface area (Å²) in [6, 6.07) is 9.78. The van der Waals surface area contributed by atoms with Gasteiger partial charge in [0.05, 0.1) is 38.5 Å². The SMILES string of the molecule is C=CCOc1ccc(C(O)=C2C(=O)C(=O)N(CCN3CCOCC3)C2c2ccc(OCCC(C)C)c(OC)c2)cc1C. The number of ketones is 1. The number of aliphatic hydroxyl groups excluding tert-OH is 1. The first-order chi connectivity index (χ1) is 20.2. The van der Waals surface area contributed by atoms with Gasteiger partial charge < -0.3 is 29.0 Å². The zero-order chi connectivity index (χ0) is 30.2. The number of carbonyl (C=O) groups excluding carboxylic acids is 2. The van der Waals surface area contributed by atoms with Crippen LogP contribution in [0.4, 0.5) is 0 Å². The van der Waals surface area contributed by atoms with Gasteiger partial charge in [-0.3, -0.25) is 14.5 Å². The normalized spacial score (nSPS) is 18.9. The minimum Gasteiger partial charge on any atom is -0.507 e. The van der Waals surface area contributed by atoms with E-state index in [-0.39, 0.29) is 11.3 Å². The van der Waals surface area contributed by atoms with E-state index in [1.165, 1.54) is 0 Å². The summed E-state index contributed by atoms with van der Waals surface area (Å²) in [4.78, 5) is 30.8. The van der Waals surface area contributed by atoms with Crippen LogP contribution < -0.4 is 14.2 Å². The van der Waals surface area contributed by atoms with Crippen molar-refractivity contribution in [1.82, 2.24) is 9.80 Å². The zero-order valence-corrected chi connectivity index (χ0v) is 25.1. The Balaban J connectivity index is 1.73. The van der Waals surface area contributed by atoms with Crippen LogP contribution in [0.25, 0.3) is 5.76 Å². The largest absolute Gasteiger partial charge is 0.507 e. The van der Waals surface area contributed by atoms with Gasteiger partial charge in [0.25, 0.3) is 11.7 Å². The molecule has 4 rings (SSSR count). The number of ether oxygens (including phenoxy) is 4. The topological polar surface area (TPSA) is 97.8 Å². The lowest BCUT2D eigenvalue weighted by Crippen LogP contribution is -2.42. The van der Waals surface area contributed by atoms with E-state index in [9.17, 15) is 14.7 Å². The molecule has 9 heteroatoms. The van der Waals surface area contributed by atoms with Crippen LogP contribution in [-0.2, 0) is 14.3 Å². The number of carbonyl (C=O) groups is 2. The molecule has 2 aromatic rings. The highest BCUT2D eigenvalue weighted by atomic mass is 16.5. The maximum Gasteiger partial charge on any atom is 0.295 e. The number of aliphatic hydroxyl groups is 1. The number of likely N-dealkylation sites (tertiary alicyclic amines) is 1. The van der Waals surface area contributed by atoms with Crippen molar-refractivity contribution in [2.24, 2.45) is 5.92 Å². The maximum atomic E-state index is 13.6. The molecule has 1 amide bonds. The second-order valence-electron chi connectivity index (χ2n) is 11.0. The number of aryl methyl sites for hydroxylation is 1. The Labute approximate surface area is 248 Å². The molecule has 0 bridgehead atoms. The standard InChI is InChI=1S/C33H42N2O7/c1-6-16-41-26-9-8-25(20-23(26)4)31(36)29-30(24-7-10-27(28(21-24)39-5)42-17-11-22(2)3)35(33(38)32(29)37)13-12-34-14-18-40-19-15-34/h6-10,20-22,30,36H,1,11-19H2,2-5H3. The van der Waals surface area contributed by atoms with Gasteiger partial charge in [0.1, 0.15) is 18.1 Å². The number of rotatable bonds is 13. The number of morpholine rings is 1. The Morgan fingerprint density at radius 2 is 1.81 bits per heavy atom. The van der Waals surface area contributed by atoms with Crippen LogP contribution in [0.2, 0.25) is 0 Å². The van der Waals surface area contributed by atoms with Gasteiger partial charge in [-0.05, 0) is 60.7 Å². The number of nitrogens with zero attached hydrogens (tertiary/aromatic N) is 2. The summed E-state index contributed by atoms with van der Waals surface area (Å²) in [6.07, 6.45) is 2.55. The summed E-state index contributed by atoms with van der Waals surface area (Å²) in [5, 5.41) is 11.6. The molecule has 0 aromatic heterocycles. The first kappa shape index (κ1) is 31.1. The second-order valence-corrected chi connectivity index (χ2v) is 11.0. The Kier molecular flexibility index (Phi) is 10.7. The van der Waals surface area contributed by atoms with Crippen LogP contribution >= 0.6 is 0 Å². The van der Waals surface area contributed by atoms with Gasteiger partial charge in [0.2, 0.25) is 0 Å². The highest BCUT2D eigenvalue weighted by Crippen LogP contribution is 2.42. The fourth-order valence-corrected chi connectivity index (χ4v) is 5.17. The molecule has 0 spiro atoms. The fraction of sp³-hybridized carbons (Fsp3) is 0.455. The first-order valence-corrected chi connectivity index (χ1v) is 14.5. The van der Waals surface area contributed by atoms with Gasteiger partial charge in [0.15, 0.2) is 11.5 Å². The predicted octanol–water partition coefficient (Wildman–Crippen LogP) is 4.75. The van der Waals surface area contributed by atoms with E-state index in [2.05, 4.69) is 25.3 Å². The maximum absolute atomic E-state index is 13.6. The van der Waals surface area contributed by atoms with Crippen LogP contribution in [-0.4, -0.2) is 86.3 Å². The lowest BCUT2D eigenvalue weighted by molar-refractivity contribution is -0.140. The molecule has 9 nitrogen and oxygen atoms in total. The summed E-state index contributed by atoms with van der Waals surface area (Å²) < 4.78 is 22.8. The number of amides is 1. The van der Waals surface area contributed by atoms with E-state index in [4.69, 9.17) is 18.9 Å². The number of benzene rings is 2. The highest BCUT2D eigenvalue weighted by molar-refractivity contribution is 6.46. The molecule has 0 saturated carbocycles. The van der Waals surface area contributed by atoms with E-state index in [0.29, 0.717) is 73.8 Å². The number of hydrogen-bond donors (Lipinski definition) is 1. The van der Waals surface area contributed by atoms with Crippen molar-refractivity contribution in [3.63, 3.8) is 0 Å². The van der Waals surface area contributed by atoms with E-state index >= 15 is 0 Å². The zero-order valence-electron chi connectivity index (χ0n) is 25.1. The molecule has 1 atom stereocenters. The van der Waals surface area contributed by atoms with Crippen molar-refractivity contribution in [1.29, 1.82) is 0 Å². The molecule has 1 unspecified atom stereocenters. The van der Waals surface area contributed by atoms with Crippen LogP contribution in [0.15, 0.2) is 54.6 Å². The minimum absolute atomic E-state index is 0.0386. The van der Waals surface area contributed by atoms with Crippen molar-refractivity contribution in [3.05, 3.63) is 71.3 Å². The van der Waals surface area contributed by atoms with Gasteiger partial charge in [0, 0.05) is 31.7 Å². The quantitative estimate of drug-likeness (QED) is 0.158. The van der Waals surface area contributed by atoms with Gasteiger partial charge in [-0.15, -0.1) is 0 Å². The average molecular weight is 579 g/mol. The number of methoxy groups -OCH3 is 1. The molecule has 2 saturated heterocycles. The summed E-state index contributed by atoms with van der Waals surface area (Å²) >= 11 is 0. The molecular formula is C33H42N2O7. The van der Waals surface area contributed by atoms with Gasteiger partial charge in [-0.25, -0.2) is 0 Å². The van der Waals surface area contributed by atoms with Gasteiger partial charge in [-0.2, -0.15) is 0 Å².